The summed E-state index contributed by atoms with van der Waals surface area (Å²) in [6.07, 6.45) is 6.56. The number of carbonyl (C=O) groups is 1. The molecule has 43 heavy (non-hydrogen) atoms. The van der Waals surface area contributed by atoms with Gasteiger partial charge in [0.05, 0.1) is 33.8 Å². The van der Waals surface area contributed by atoms with Gasteiger partial charge in [-0.15, -0.1) is 0 Å². The summed E-state index contributed by atoms with van der Waals surface area (Å²) in [5.41, 5.74) is 4.61. The van der Waals surface area contributed by atoms with E-state index in [0.29, 0.717) is 30.0 Å². The Labute approximate surface area is 252 Å². The summed E-state index contributed by atoms with van der Waals surface area (Å²) in [5, 5.41) is 20.3. The zero-order chi connectivity index (χ0) is 30.4. The minimum absolute atomic E-state index is 0.235. The highest BCUT2D eigenvalue weighted by Gasteiger charge is 2.37. The van der Waals surface area contributed by atoms with E-state index in [9.17, 15) is 9.90 Å². The first-order valence-electron chi connectivity index (χ1n) is 15.3. The van der Waals surface area contributed by atoms with Gasteiger partial charge in [0.25, 0.3) is 0 Å². The highest BCUT2D eigenvalue weighted by atomic mass is 16.5. The predicted molar refractivity (Wildman–Crippen MR) is 165 cm³/mol. The number of carboxylic acids is 1. The van der Waals surface area contributed by atoms with Crippen molar-refractivity contribution in [3.05, 3.63) is 59.5 Å². The Morgan fingerprint density at radius 1 is 1.09 bits per heavy atom. The molecule has 3 aliphatic rings. The molecular weight excluding hydrogens is 544 g/mol. The van der Waals surface area contributed by atoms with Crippen LogP contribution < -0.4 is 4.90 Å². The van der Waals surface area contributed by atoms with Crippen LogP contribution in [0.5, 0.6) is 0 Å². The second kappa shape index (κ2) is 11.4. The smallest absolute Gasteiger partial charge is 0.337 e. The molecule has 1 fully saturated rings. The van der Waals surface area contributed by atoms with Crippen molar-refractivity contribution in [3.8, 4) is 16.9 Å². The number of aromatic nitrogens is 5. The maximum absolute atomic E-state index is 12.7. The summed E-state index contributed by atoms with van der Waals surface area (Å²) in [7, 11) is 0. The molecule has 0 aliphatic carbocycles. The van der Waals surface area contributed by atoms with Crippen LogP contribution in [0.4, 0.5) is 5.82 Å². The molecule has 3 aromatic heterocycles. The van der Waals surface area contributed by atoms with Crippen molar-refractivity contribution in [1.82, 2.24) is 24.4 Å². The maximum atomic E-state index is 12.7. The molecule has 0 radical (unpaired) electrons. The van der Waals surface area contributed by atoms with Crippen LogP contribution in [0.15, 0.2) is 42.6 Å². The predicted octanol–water partition coefficient (Wildman–Crippen LogP) is 5.93. The molecular formula is C33H42N6O4. The Hall–Kier alpha value is -3.76. The molecule has 4 aromatic rings. The molecule has 1 atom stereocenters. The summed E-state index contributed by atoms with van der Waals surface area (Å²) >= 11 is 0. The number of hydrogen-bond acceptors (Lipinski definition) is 7. The number of piperidine rings is 1. The maximum Gasteiger partial charge on any atom is 0.337 e. The molecule has 1 aromatic carbocycles. The molecule has 1 N–H and O–H groups in total. The van der Waals surface area contributed by atoms with Crippen LogP contribution in [-0.2, 0) is 20.7 Å². The van der Waals surface area contributed by atoms with Crippen LogP contribution >= 0.6 is 0 Å². The van der Waals surface area contributed by atoms with Crippen molar-refractivity contribution in [2.75, 3.05) is 24.6 Å². The van der Waals surface area contributed by atoms with Crippen molar-refractivity contribution in [1.29, 1.82) is 0 Å². The minimum Gasteiger partial charge on any atom is -0.479 e. The van der Waals surface area contributed by atoms with Gasteiger partial charge in [0, 0.05) is 43.2 Å². The van der Waals surface area contributed by atoms with E-state index in [2.05, 4.69) is 24.0 Å². The van der Waals surface area contributed by atoms with Gasteiger partial charge in [-0.1, -0.05) is 18.6 Å². The molecule has 10 heteroatoms. The van der Waals surface area contributed by atoms with Crippen molar-refractivity contribution < 1.29 is 19.4 Å². The van der Waals surface area contributed by atoms with E-state index in [4.69, 9.17) is 24.7 Å². The Kier molecular flexibility index (Phi) is 7.76. The van der Waals surface area contributed by atoms with Crippen LogP contribution in [0.1, 0.15) is 82.9 Å². The first-order chi connectivity index (χ1) is 20.5. The first-order valence-corrected chi connectivity index (χ1v) is 15.3. The normalized spacial score (nSPS) is 18.2. The SMILES string of the molecule is Cc1nc2cc3nn2c(c1C(OC(C)(C)C)C(=O)O)N1CCC(C)(CC1)OCCCCCc1ccn(n1)-c1cccc-3c1. The summed E-state index contributed by atoms with van der Waals surface area (Å²) in [4.78, 5) is 19.8. The third-order valence-electron chi connectivity index (χ3n) is 8.46. The molecule has 0 spiro atoms. The number of carboxylic acid groups (broad SMARTS) is 1. The second-order valence-corrected chi connectivity index (χ2v) is 13.1. The Morgan fingerprint density at radius 3 is 2.63 bits per heavy atom. The summed E-state index contributed by atoms with van der Waals surface area (Å²) in [5.74, 6) is -0.333. The van der Waals surface area contributed by atoms with E-state index < -0.39 is 17.7 Å². The number of aryl methyl sites for hydroxylation is 2. The topological polar surface area (TPSA) is 107 Å². The lowest BCUT2D eigenvalue weighted by Crippen LogP contribution is -2.46. The molecule has 8 bridgehead atoms. The first kappa shape index (κ1) is 29.3. The number of nitrogens with zero attached hydrogens (tertiary/aromatic N) is 6. The standard InChI is InChI=1S/C33H42N6O4/c1-22-28(29(31(40)41)43-32(2,3)4)30-37-17-14-33(5,15-18-37)42-19-8-6-7-11-24-13-16-38(35-24)25-12-9-10-23(20-25)26-21-27(34-22)39(30)36-26/h9-10,12-13,16,20-21,29H,6-8,11,14-15,17-19H2,1-5H3,(H,40,41). The number of aliphatic carboxylic acids is 1. The summed E-state index contributed by atoms with van der Waals surface area (Å²) in [6.45, 7) is 11.8. The fourth-order valence-electron chi connectivity index (χ4n) is 6.14. The fraction of sp³-hybridized carbons (Fsp3) is 0.515. The van der Waals surface area contributed by atoms with Gasteiger partial charge in [-0.05, 0) is 84.9 Å². The molecule has 1 saturated heterocycles. The van der Waals surface area contributed by atoms with Crippen LogP contribution in [0.2, 0.25) is 0 Å². The fourth-order valence-corrected chi connectivity index (χ4v) is 6.14. The lowest BCUT2D eigenvalue weighted by molar-refractivity contribution is -0.160. The van der Waals surface area contributed by atoms with Gasteiger partial charge < -0.3 is 19.5 Å². The van der Waals surface area contributed by atoms with E-state index >= 15 is 0 Å². The Balaban J connectivity index is 1.51. The average molecular weight is 587 g/mol. The molecule has 228 valence electrons. The largest absolute Gasteiger partial charge is 0.479 e. The van der Waals surface area contributed by atoms with E-state index in [0.717, 1.165) is 73.6 Å². The second-order valence-electron chi connectivity index (χ2n) is 13.1. The van der Waals surface area contributed by atoms with Gasteiger partial charge in [0.15, 0.2) is 11.8 Å². The zero-order valence-electron chi connectivity index (χ0n) is 25.8. The van der Waals surface area contributed by atoms with Crippen LogP contribution in [0, 0.1) is 6.92 Å². The number of fused-ring (bicyclic) bond motifs is 7. The average Bonchev–Trinajstić information content (AvgIpc) is 3.60. The zero-order valence-corrected chi connectivity index (χ0v) is 25.8. The highest BCUT2D eigenvalue weighted by Crippen LogP contribution is 2.38. The van der Waals surface area contributed by atoms with Gasteiger partial charge in [-0.25, -0.2) is 14.5 Å². The molecule has 3 aliphatic heterocycles. The number of rotatable bonds is 3. The molecule has 0 amide bonds. The summed E-state index contributed by atoms with van der Waals surface area (Å²) < 4.78 is 16.4. The lowest BCUT2D eigenvalue weighted by atomic mass is 9.92. The molecule has 0 saturated carbocycles. The summed E-state index contributed by atoms with van der Waals surface area (Å²) in [6, 6.07) is 12.2. The monoisotopic (exact) mass is 586 g/mol. The van der Waals surface area contributed by atoms with Crippen LogP contribution in [-0.4, -0.2) is 66.4 Å². The van der Waals surface area contributed by atoms with Gasteiger partial charge in [-0.2, -0.15) is 14.7 Å². The quantitative estimate of drug-likeness (QED) is 0.315. The van der Waals surface area contributed by atoms with Crippen molar-refractivity contribution in [2.24, 2.45) is 0 Å². The molecule has 6 heterocycles. The minimum atomic E-state index is -1.20. The number of benzene rings is 1. The highest BCUT2D eigenvalue weighted by molar-refractivity contribution is 5.79. The van der Waals surface area contributed by atoms with Crippen LogP contribution in [0.3, 0.4) is 0 Å². The lowest BCUT2D eigenvalue weighted by Gasteiger charge is -2.41. The van der Waals surface area contributed by atoms with Crippen LogP contribution in [0.25, 0.3) is 22.6 Å². The number of anilines is 1. The van der Waals surface area contributed by atoms with E-state index in [1.807, 2.05) is 62.8 Å². The third kappa shape index (κ3) is 6.17. The molecule has 10 nitrogen and oxygen atoms in total. The number of hydrogen-bond donors (Lipinski definition) is 1. The van der Waals surface area contributed by atoms with E-state index in [1.54, 1.807) is 4.52 Å². The third-order valence-corrected chi connectivity index (χ3v) is 8.46. The van der Waals surface area contributed by atoms with Gasteiger partial charge in [0.2, 0.25) is 0 Å². The van der Waals surface area contributed by atoms with Crippen molar-refractivity contribution in [2.45, 2.75) is 90.4 Å². The van der Waals surface area contributed by atoms with E-state index in [1.165, 1.54) is 0 Å². The van der Waals surface area contributed by atoms with Crippen molar-refractivity contribution in [3.63, 3.8) is 0 Å². The van der Waals surface area contributed by atoms with Gasteiger partial charge in [0.1, 0.15) is 5.82 Å². The van der Waals surface area contributed by atoms with Gasteiger partial charge in [-0.3, -0.25) is 0 Å². The van der Waals surface area contributed by atoms with Gasteiger partial charge >= 0.3 is 5.97 Å². The molecule has 1 unspecified atom stereocenters. The van der Waals surface area contributed by atoms with Crippen molar-refractivity contribution >= 4 is 17.4 Å². The Bertz CT molecular complexity index is 1630. The van der Waals surface area contributed by atoms with E-state index in [-0.39, 0.29) is 5.60 Å². The molecule has 7 rings (SSSR count). The number of ether oxygens (including phenoxy) is 2. The Morgan fingerprint density at radius 2 is 1.88 bits per heavy atom.